The minimum Gasteiger partial charge on any atom is -0.454 e. The van der Waals surface area contributed by atoms with Gasteiger partial charge in [0.1, 0.15) is 0 Å². The molecule has 4 rings (SSSR count). The first kappa shape index (κ1) is 17.4. The minimum absolute atomic E-state index is 0.0992. The van der Waals surface area contributed by atoms with Gasteiger partial charge in [-0.15, -0.1) is 0 Å². The summed E-state index contributed by atoms with van der Waals surface area (Å²) in [7, 11) is 0. The fraction of sp³-hybridized carbons (Fsp3) is 0.333. The van der Waals surface area contributed by atoms with Crippen LogP contribution in [0.15, 0.2) is 48.5 Å². The topological polar surface area (TPSA) is 73.9 Å². The molecule has 0 spiro atoms. The first-order valence-electron chi connectivity index (χ1n) is 9.03. The van der Waals surface area contributed by atoms with Crippen molar-refractivity contribution in [3.63, 3.8) is 0 Å². The van der Waals surface area contributed by atoms with Gasteiger partial charge in [-0.05, 0) is 30.0 Å². The highest BCUT2D eigenvalue weighted by atomic mass is 16.7. The number of amides is 1. The zero-order chi connectivity index (χ0) is 18.8. The van der Waals surface area contributed by atoms with Crippen LogP contribution in [-0.2, 0) is 20.9 Å². The van der Waals surface area contributed by atoms with Crippen LogP contribution in [0.4, 0.5) is 0 Å². The van der Waals surface area contributed by atoms with Gasteiger partial charge in [-0.3, -0.25) is 9.59 Å². The molecule has 27 heavy (non-hydrogen) atoms. The second kappa shape index (κ2) is 7.31. The molecule has 6 heteroatoms. The van der Waals surface area contributed by atoms with Crippen molar-refractivity contribution in [2.75, 3.05) is 6.79 Å². The molecular formula is C21H21NO5. The van der Waals surface area contributed by atoms with Crippen LogP contribution in [0, 0.1) is 11.8 Å². The maximum Gasteiger partial charge on any atom is 0.310 e. The highest BCUT2D eigenvalue weighted by molar-refractivity contribution is 5.86. The summed E-state index contributed by atoms with van der Waals surface area (Å²) in [6.07, 6.45) is -0.139. The molecule has 2 aliphatic rings. The smallest absolute Gasteiger partial charge is 0.310 e. The van der Waals surface area contributed by atoms with Gasteiger partial charge < -0.3 is 19.5 Å². The van der Waals surface area contributed by atoms with E-state index in [0.717, 1.165) is 12.0 Å². The summed E-state index contributed by atoms with van der Waals surface area (Å²) in [6, 6.07) is 14.6. The number of rotatable bonds is 6. The van der Waals surface area contributed by atoms with E-state index in [2.05, 4.69) is 5.32 Å². The van der Waals surface area contributed by atoms with Crippen LogP contribution in [0.3, 0.4) is 0 Å². The zero-order valence-corrected chi connectivity index (χ0v) is 15.0. The summed E-state index contributed by atoms with van der Waals surface area (Å²) < 4.78 is 16.2. The molecular weight excluding hydrogens is 346 g/mol. The van der Waals surface area contributed by atoms with E-state index < -0.39 is 6.10 Å². The summed E-state index contributed by atoms with van der Waals surface area (Å²) in [6.45, 7) is 2.51. The Morgan fingerprint density at radius 2 is 1.89 bits per heavy atom. The normalized spacial score (nSPS) is 20.6. The molecule has 140 valence electrons. The molecule has 6 nitrogen and oxygen atoms in total. The maximum atomic E-state index is 12.8. The third kappa shape index (κ3) is 3.89. The fourth-order valence-electron chi connectivity index (χ4n) is 3.09. The fourth-order valence-corrected chi connectivity index (χ4v) is 3.09. The number of esters is 1. The number of carbonyl (C=O) groups is 2. The number of fused-ring (bicyclic) bond motifs is 1. The standard InChI is InChI=1S/C21H21NO5/c1-13-9-16(13)21(24)27-19(15-5-3-2-4-6-15)20(23)22-11-14-7-8-17-18(10-14)26-12-25-17/h2-8,10,13,16,19H,9,11-12H2,1H3,(H,22,23)/t13-,16+,19+/m1/s1. The molecule has 1 amide bonds. The van der Waals surface area contributed by atoms with Crippen molar-refractivity contribution in [2.45, 2.75) is 26.0 Å². The minimum atomic E-state index is -0.958. The lowest BCUT2D eigenvalue weighted by molar-refractivity contribution is -0.158. The number of hydrogen-bond acceptors (Lipinski definition) is 5. The van der Waals surface area contributed by atoms with Crippen molar-refractivity contribution in [3.05, 3.63) is 59.7 Å². The molecule has 1 N–H and O–H groups in total. The lowest BCUT2D eigenvalue weighted by atomic mass is 10.1. The molecule has 1 heterocycles. The van der Waals surface area contributed by atoms with Crippen LogP contribution in [0.25, 0.3) is 0 Å². The molecule has 0 radical (unpaired) electrons. The number of ether oxygens (including phenoxy) is 3. The number of hydrogen-bond donors (Lipinski definition) is 1. The third-order valence-electron chi connectivity index (χ3n) is 4.89. The molecule has 2 aromatic carbocycles. The molecule has 1 aliphatic carbocycles. The number of benzene rings is 2. The Hall–Kier alpha value is -3.02. The SMILES string of the molecule is C[C@@H]1C[C@@H]1C(=O)O[C@H](C(=O)NCc1ccc2c(c1)OCO2)c1ccccc1. The Kier molecular flexibility index (Phi) is 4.71. The van der Waals surface area contributed by atoms with Gasteiger partial charge in [-0.2, -0.15) is 0 Å². The average Bonchev–Trinajstić information content (AvgIpc) is 3.24. The Balaban J connectivity index is 1.44. The van der Waals surface area contributed by atoms with Crippen LogP contribution in [-0.4, -0.2) is 18.7 Å². The van der Waals surface area contributed by atoms with Crippen LogP contribution in [0.1, 0.15) is 30.6 Å². The van der Waals surface area contributed by atoms with E-state index in [1.54, 1.807) is 12.1 Å². The maximum absolute atomic E-state index is 12.8. The van der Waals surface area contributed by atoms with Gasteiger partial charge in [0.05, 0.1) is 5.92 Å². The van der Waals surface area contributed by atoms with Crippen molar-refractivity contribution < 1.29 is 23.8 Å². The summed E-state index contributed by atoms with van der Waals surface area (Å²) >= 11 is 0. The first-order valence-corrected chi connectivity index (χ1v) is 9.03. The Labute approximate surface area is 157 Å². The summed E-state index contributed by atoms with van der Waals surface area (Å²) in [5, 5.41) is 2.85. The Morgan fingerprint density at radius 1 is 1.15 bits per heavy atom. The largest absolute Gasteiger partial charge is 0.454 e. The lowest BCUT2D eigenvalue weighted by Crippen LogP contribution is -2.32. The molecule has 0 aromatic heterocycles. The van der Waals surface area contributed by atoms with Crippen LogP contribution < -0.4 is 14.8 Å². The molecule has 1 aliphatic heterocycles. The Bertz CT molecular complexity index is 851. The zero-order valence-electron chi connectivity index (χ0n) is 15.0. The third-order valence-corrected chi connectivity index (χ3v) is 4.89. The average molecular weight is 367 g/mol. The van der Waals surface area contributed by atoms with Crippen LogP contribution in [0.2, 0.25) is 0 Å². The van der Waals surface area contributed by atoms with Gasteiger partial charge in [0.2, 0.25) is 12.9 Å². The van der Waals surface area contributed by atoms with Crippen molar-refractivity contribution in [1.82, 2.24) is 5.32 Å². The van der Waals surface area contributed by atoms with Gasteiger partial charge in [0.25, 0.3) is 5.91 Å². The van der Waals surface area contributed by atoms with E-state index in [9.17, 15) is 9.59 Å². The highest BCUT2D eigenvalue weighted by Gasteiger charge is 2.42. The Morgan fingerprint density at radius 3 is 2.63 bits per heavy atom. The molecule has 1 fully saturated rings. The molecule has 0 bridgehead atoms. The molecule has 0 unspecified atom stereocenters. The van der Waals surface area contributed by atoms with E-state index in [1.807, 2.05) is 43.3 Å². The van der Waals surface area contributed by atoms with Gasteiger partial charge in [0, 0.05) is 12.1 Å². The second-order valence-electron chi connectivity index (χ2n) is 6.95. The first-order chi connectivity index (χ1) is 13.1. The van der Waals surface area contributed by atoms with Crippen LogP contribution >= 0.6 is 0 Å². The summed E-state index contributed by atoms with van der Waals surface area (Å²) in [5.41, 5.74) is 1.53. The van der Waals surface area contributed by atoms with Gasteiger partial charge in [-0.1, -0.05) is 43.3 Å². The van der Waals surface area contributed by atoms with E-state index in [4.69, 9.17) is 14.2 Å². The summed E-state index contributed by atoms with van der Waals surface area (Å²) in [4.78, 5) is 25.0. The number of carbonyl (C=O) groups excluding carboxylic acids is 2. The van der Waals surface area contributed by atoms with E-state index in [0.29, 0.717) is 29.5 Å². The van der Waals surface area contributed by atoms with Crippen molar-refractivity contribution in [3.8, 4) is 11.5 Å². The van der Waals surface area contributed by atoms with E-state index in [-0.39, 0.29) is 24.6 Å². The van der Waals surface area contributed by atoms with Gasteiger partial charge >= 0.3 is 5.97 Å². The monoisotopic (exact) mass is 367 g/mol. The van der Waals surface area contributed by atoms with Crippen molar-refractivity contribution in [1.29, 1.82) is 0 Å². The molecule has 1 saturated carbocycles. The molecule has 0 saturated heterocycles. The van der Waals surface area contributed by atoms with Gasteiger partial charge in [-0.25, -0.2) is 0 Å². The molecule has 3 atom stereocenters. The van der Waals surface area contributed by atoms with E-state index in [1.165, 1.54) is 0 Å². The van der Waals surface area contributed by atoms with Crippen molar-refractivity contribution >= 4 is 11.9 Å². The number of nitrogens with one attached hydrogen (secondary N) is 1. The van der Waals surface area contributed by atoms with E-state index >= 15 is 0 Å². The van der Waals surface area contributed by atoms with Crippen molar-refractivity contribution in [2.24, 2.45) is 11.8 Å². The summed E-state index contributed by atoms with van der Waals surface area (Å²) in [5.74, 6) is 0.925. The predicted molar refractivity (Wildman–Crippen MR) is 97.0 cm³/mol. The highest BCUT2D eigenvalue weighted by Crippen LogP contribution is 2.39. The van der Waals surface area contributed by atoms with Gasteiger partial charge in [0.15, 0.2) is 11.5 Å². The lowest BCUT2D eigenvalue weighted by Gasteiger charge is -2.18. The quantitative estimate of drug-likeness (QED) is 0.795. The van der Waals surface area contributed by atoms with Crippen LogP contribution in [0.5, 0.6) is 11.5 Å². The molecule has 2 aromatic rings. The predicted octanol–water partition coefficient (Wildman–Crippen LogP) is 2.97. The second-order valence-corrected chi connectivity index (χ2v) is 6.95.